The molecular weight excluding hydrogens is 612 g/mol. The number of nitrogens with zero attached hydrogens (tertiary/aromatic N) is 5. The number of anilines is 1. The molecule has 0 N–H and O–H groups in total. The summed E-state index contributed by atoms with van der Waals surface area (Å²) in [6.07, 6.45) is 2.26. The normalized spacial score (nSPS) is 15.7. The molecule has 0 spiro atoms. The fraction of sp³-hybridized carbons (Fsp3) is 0.290. The molecule has 0 aliphatic carbocycles. The first-order valence-electron chi connectivity index (χ1n) is 13.8. The fourth-order valence-electron chi connectivity index (χ4n) is 5.54. The zero-order valence-electron chi connectivity index (χ0n) is 24.5. The van der Waals surface area contributed by atoms with Crippen LogP contribution in [0.4, 0.5) is 14.6 Å². The number of hydrogen-bond acceptors (Lipinski definition) is 7. The molecule has 1 atom stereocenters. The summed E-state index contributed by atoms with van der Waals surface area (Å²) in [6.45, 7) is 9.95. The van der Waals surface area contributed by atoms with Gasteiger partial charge >= 0.3 is 5.69 Å². The second-order valence-electron chi connectivity index (χ2n) is 11.0. The molecule has 4 aromatic rings. The standard InChI is InChI=1S/C31H30ClF2N5O4S/c1-6-26(40)37-12-13-38(18(4)16-37)29-22-15-24(34)27(21-11-10-19(33)14-23(21)32)35-30(22)39(31(41)36-29)28-20(17(2)3)8-7-9-25(28)44(5,42)43/h6-11,14-15,17-18H,1,12-13,16H2,2-5H3/t18-/m0/s1. The molecule has 0 saturated carbocycles. The molecule has 0 unspecified atom stereocenters. The number of aromatic nitrogens is 3. The van der Waals surface area contributed by atoms with Gasteiger partial charge in [0, 0.05) is 37.5 Å². The highest BCUT2D eigenvalue weighted by Crippen LogP contribution is 2.36. The van der Waals surface area contributed by atoms with Gasteiger partial charge in [-0.15, -0.1) is 0 Å². The summed E-state index contributed by atoms with van der Waals surface area (Å²) in [4.78, 5) is 38.6. The molecule has 13 heteroatoms. The molecular formula is C31H30ClF2N5O4S. The van der Waals surface area contributed by atoms with Crippen LogP contribution < -0.4 is 10.6 Å². The van der Waals surface area contributed by atoms with Crippen molar-refractivity contribution in [3.05, 3.63) is 87.8 Å². The smallest absolute Gasteiger partial charge is 0.350 e. The summed E-state index contributed by atoms with van der Waals surface area (Å²) in [5.74, 6) is -1.78. The molecule has 2 aromatic carbocycles. The molecule has 0 radical (unpaired) electrons. The second-order valence-corrected chi connectivity index (χ2v) is 13.4. The summed E-state index contributed by atoms with van der Waals surface area (Å²) in [6, 6.07) is 8.94. The lowest BCUT2D eigenvalue weighted by atomic mass is 10.0. The lowest BCUT2D eigenvalue weighted by molar-refractivity contribution is -0.126. The molecule has 0 bridgehead atoms. The van der Waals surface area contributed by atoms with Crippen LogP contribution in [0.5, 0.6) is 0 Å². The van der Waals surface area contributed by atoms with E-state index in [2.05, 4.69) is 16.5 Å². The van der Waals surface area contributed by atoms with Crippen LogP contribution >= 0.6 is 11.6 Å². The van der Waals surface area contributed by atoms with Crippen molar-refractivity contribution in [1.82, 2.24) is 19.4 Å². The van der Waals surface area contributed by atoms with E-state index in [-0.39, 0.29) is 68.1 Å². The quantitative estimate of drug-likeness (QED) is 0.269. The maximum atomic E-state index is 15.9. The van der Waals surface area contributed by atoms with E-state index in [4.69, 9.17) is 11.6 Å². The van der Waals surface area contributed by atoms with E-state index >= 15 is 4.39 Å². The Morgan fingerprint density at radius 2 is 1.86 bits per heavy atom. The van der Waals surface area contributed by atoms with Crippen molar-refractivity contribution in [1.29, 1.82) is 0 Å². The Hall–Kier alpha value is -4.16. The Morgan fingerprint density at radius 1 is 1.14 bits per heavy atom. The first kappa shape index (κ1) is 31.3. The summed E-state index contributed by atoms with van der Waals surface area (Å²) in [5.41, 5.74) is -0.489. The Bertz CT molecular complexity index is 2000. The number of para-hydroxylation sites is 1. The van der Waals surface area contributed by atoms with Gasteiger partial charge in [0.1, 0.15) is 23.1 Å². The SMILES string of the molecule is C=CC(=O)N1CCN(c2nc(=O)n(-c3c(C(C)C)cccc3S(C)(=O)=O)c3nc(-c4ccc(F)cc4Cl)c(F)cc23)[C@@H](C)C1. The third-order valence-electron chi connectivity index (χ3n) is 7.65. The Kier molecular flexibility index (Phi) is 8.34. The van der Waals surface area contributed by atoms with Crippen molar-refractivity contribution in [3.8, 4) is 16.9 Å². The Labute approximate surface area is 258 Å². The van der Waals surface area contributed by atoms with Crippen LogP contribution in [0.2, 0.25) is 5.02 Å². The number of halogens is 3. The molecule has 9 nitrogen and oxygen atoms in total. The molecule has 1 aliphatic rings. The third kappa shape index (κ3) is 5.59. The monoisotopic (exact) mass is 641 g/mol. The highest BCUT2D eigenvalue weighted by Gasteiger charge is 2.31. The predicted molar refractivity (Wildman–Crippen MR) is 166 cm³/mol. The first-order valence-corrected chi connectivity index (χ1v) is 16.1. The molecule has 44 heavy (non-hydrogen) atoms. The van der Waals surface area contributed by atoms with Gasteiger partial charge in [0.2, 0.25) is 5.91 Å². The zero-order valence-corrected chi connectivity index (χ0v) is 26.1. The number of sulfone groups is 1. The molecule has 2 aromatic heterocycles. The van der Waals surface area contributed by atoms with E-state index in [0.717, 1.165) is 23.0 Å². The van der Waals surface area contributed by atoms with Gasteiger partial charge in [0.15, 0.2) is 15.5 Å². The lowest BCUT2D eigenvalue weighted by Gasteiger charge is -2.40. The lowest BCUT2D eigenvalue weighted by Crippen LogP contribution is -2.54. The van der Waals surface area contributed by atoms with E-state index in [1.165, 1.54) is 24.3 Å². The van der Waals surface area contributed by atoms with Crippen molar-refractivity contribution in [3.63, 3.8) is 0 Å². The summed E-state index contributed by atoms with van der Waals surface area (Å²) < 4.78 is 57.0. The third-order valence-corrected chi connectivity index (χ3v) is 9.09. The maximum absolute atomic E-state index is 15.9. The molecule has 3 heterocycles. The minimum atomic E-state index is -3.87. The number of amides is 1. The van der Waals surface area contributed by atoms with Crippen molar-refractivity contribution in [2.45, 2.75) is 37.6 Å². The average molecular weight is 642 g/mol. The molecule has 1 aliphatic heterocycles. The van der Waals surface area contributed by atoms with Crippen LogP contribution in [0.15, 0.2) is 64.8 Å². The zero-order chi connectivity index (χ0) is 32.1. The number of fused-ring (bicyclic) bond motifs is 1. The Balaban J connectivity index is 1.88. The highest BCUT2D eigenvalue weighted by molar-refractivity contribution is 7.90. The first-order chi connectivity index (χ1) is 20.7. The van der Waals surface area contributed by atoms with Crippen LogP contribution in [0.25, 0.3) is 28.0 Å². The minimum absolute atomic E-state index is 0.0590. The van der Waals surface area contributed by atoms with E-state index in [0.29, 0.717) is 18.7 Å². The van der Waals surface area contributed by atoms with Crippen LogP contribution in [0.1, 0.15) is 32.3 Å². The number of carbonyl (C=O) groups excluding carboxylic acids is 1. The Morgan fingerprint density at radius 3 is 2.48 bits per heavy atom. The van der Waals surface area contributed by atoms with Gasteiger partial charge in [-0.05, 0) is 54.8 Å². The van der Waals surface area contributed by atoms with Crippen molar-refractivity contribution >= 4 is 44.2 Å². The summed E-state index contributed by atoms with van der Waals surface area (Å²) in [7, 11) is -3.87. The van der Waals surface area contributed by atoms with E-state index in [9.17, 15) is 22.4 Å². The van der Waals surface area contributed by atoms with Crippen LogP contribution in [-0.2, 0) is 14.6 Å². The highest BCUT2D eigenvalue weighted by atomic mass is 35.5. The maximum Gasteiger partial charge on any atom is 0.355 e. The largest absolute Gasteiger partial charge is 0.355 e. The summed E-state index contributed by atoms with van der Waals surface area (Å²) >= 11 is 6.30. The van der Waals surface area contributed by atoms with E-state index in [1.807, 2.05) is 20.8 Å². The fourth-order valence-corrected chi connectivity index (χ4v) is 6.68. The van der Waals surface area contributed by atoms with Gasteiger partial charge in [0.05, 0.1) is 21.0 Å². The number of carbonyl (C=O) groups is 1. The van der Waals surface area contributed by atoms with Crippen LogP contribution in [0, 0.1) is 11.6 Å². The molecule has 1 fully saturated rings. The second kappa shape index (κ2) is 11.7. The summed E-state index contributed by atoms with van der Waals surface area (Å²) in [5, 5.41) is 0.0346. The molecule has 1 saturated heterocycles. The minimum Gasteiger partial charge on any atom is -0.350 e. The van der Waals surface area contributed by atoms with Crippen molar-refractivity contribution in [2.75, 3.05) is 30.8 Å². The van der Waals surface area contributed by atoms with Gasteiger partial charge in [-0.1, -0.05) is 44.2 Å². The molecule has 5 rings (SSSR count). The van der Waals surface area contributed by atoms with Gasteiger partial charge in [-0.3, -0.25) is 4.79 Å². The van der Waals surface area contributed by atoms with Gasteiger partial charge in [0.25, 0.3) is 0 Å². The topological polar surface area (TPSA) is 105 Å². The number of rotatable bonds is 6. The van der Waals surface area contributed by atoms with E-state index < -0.39 is 27.2 Å². The van der Waals surface area contributed by atoms with Crippen molar-refractivity contribution < 1.29 is 22.0 Å². The van der Waals surface area contributed by atoms with E-state index in [1.54, 1.807) is 21.9 Å². The van der Waals surface area contributed by atoms with Gasteiger partial charge in [-0.2, -0.15) is 4.98 Å². The number of pyridine rings is 1. The number of piperazine rings is 1. The van der Waals surface area contributed by atoms with Crippen LogP contribution in [-0.4, -0.2) is 65.7 Å². The predicted octanol–water partition coefficient (Wildman–Crippen LogP) is 5.13. The average Bonchev–Trinajstić information content (AvgIpc) is 2.96. The van der Waals surface area contributed by atoms with Crippen molar-refractivity contribution in [2.24, 2.45) is 0 Å². The number of hydrogen-bond donors (Lipinski definition) is 0. The number of benzene rings is 2. The molecule has 230 valence electrons. The van der Waals surface area contributed by atoms with Crippen LogP contribution in [0.3, 0.4) is 0 Å². The van der Waals surface area contributed by atoms with Gasteiger partial charge in [-0.25, -0.2) is 31.5 Å². The molecule has 1 amide bonds. The van der Waals surface area contributed by atoms with Gasteiger partial charge < -0.3 is 9.80 Å².